The zero-order valence-corrected chi connectivity index (χ0v) is 12.6. The van der Waals surface area contributed by atoms with Crippen LogP contribution in [0.1, 0.15) is 24.8 Å². The van der Waals surface area contributed by atoms with Crippen molar-refractivity contribution in [3.8, 4) is 0 Å². The standard InChI is InChI=1S/C17H27N3/c1-15(16-5-3-2-4-6-16)14-19-9-11-20(12-10-19)17-7-8-18-13-17/h2-6,15,17-18H,7-14H2,1H3. The summed E-state index contributed by atoms with van der Waals surface area (Å²) in [5.74, 6) is 0.635. The Kier molecular flexibility index (Phi) is 4.71. The number of piperazine rings is 1. The lowest BCUT2D eigenvalue weighted by Crippen LogP contribution is -2.51. The zero-order chi connectivity index (χ0) is 13.8. The first-order chi connectivity index (χ1) is 9.83. The highest BCUT2D eigenvalue weighted by atomic mass is 15.3. The van der Waals surface area contributed by atoms with E-state index in [1.165, 1.54) is 57.8 Å². The number of nitrogens with one attached hydrogen (secondary N) is 1. The van der Waals surface area contributed by atoms with E-state index in [1.54, 1.807) is 0 Å². The van der Waals surface area contributed by atoms with Crippen LogP contribution < -0.4 is 5.32 Å². The largest absolute Gasteiger partial charge is 0.315 e. The first-order valence-corrected chi connectivity index (χ1v) is 8.05. The topological polar surface area (TPSA) is 18.5 Å². The molecule has 3 rings (SSSR count). The third-order valence-electron chi connectivity index (χ3n) is 4.86. The summed E-state index contributed by atoms with van der Waals surface area (Å²) in [6, 6.07) is 11.7. The molecule has 2 unspecified atom stereocenters. The number of hydrogen-bond donors (Lipinski definition) is 1. The molecule has 0 aliphatic carbocycles. The average Bonchev–Trinajstić information content (AvgIpc) is 3.03. The Morgan fingerprint density at radius 3 is 2.55 bits per heavy atom. The molecule has 0 amide bonds. The molecule has 2 fully saturated rings. The van der Waals surface area contributed by atoms with Crippen molar-refractivity contribution in [3.63, 3.8) is 0 Å². The number of benzene rings is 1. The van der Waals surface area contributed by atoms with Crippen LogP contribution in [0.25, 0.3) is 0 Å². The third-order valence-corrected chi connectivity index (χ3v) is 4.86. The predicted molar refractivity (Wildman–Crippen MR) is 84.1 cm³/mol. The quantitative estimate of drug-likeness (QED) is 0.902. The molecule has 0 radical (unpaired) electrons. The van der Waals surface area contributed by atoms with Crippen LogP contribution in [0.15, 0.2) is 30.3 Å². The van der Waals surface area contributed by atoms with Gasteiger partial charge in [-0.3, -0.25) is 4.90 Å². The van der Waals surface area contributed by atoms with Crippen molar-refractivity contribution in [2.24, 2.45) is 0 Å². The van der Waals surface area contributed by atoms with Crippen LogP contribution >= 0.6 is 0 Å². The van der Waals surface area contributed by atoms with Crippen LogP contribution in [0.3, 0.4) is 0 Å². The van der Waals surface area contributed by atoms with Crippen molar-refractivity contribution in [3.05, 3.63) is 35.9 Å². The molecule has 1 aromatic carbocycles. The molecule has 2 heterocycles. The van der Waals surface area contributed by atoms with Crippen LogP contribution in [0, 0.1) is 0 Å². The van der Waals surface area contributed by atoms with Gasteiger partial charge >= 0.3 is 0 Å². The Balaban J connectivity index is 1.46. The van der Waals surface area contributed by atoms with Crippen molar-refractivity contribution in [1.29, 1.82) is 0 Å². The highest BCUT2D eigenvalue weighted by Crippen LogP contribution is 2.18. The van der Waals surface area contributed by atoms with E-state index < -0.39 is 0 Å². The first kappa shape index (κ1) is 14.1. The normalized spacial score (nSPS) is 26.8. The van der Waals surface area contributed by atoms with E-state index in [2.05, 4.69) is 52.4 Å². The summed E-state index contributed by atoms with van der Waals surface area (Å²) in [6.07, 6.45) is 1.33. The monoisotopic (exact) mass is 273 g/mol. The lowest BCUT2D eigenvalue weighted by molar-refractivity contribution is 0.0993. The summed E-state index contributed by atoms with van der Waals surface area (Å²) in [4.78, 5) is 5.32. The van der Waals surface area contributed by atoms with Gasteiger partial charge in [-0.25, -0.2) is 0 Å². The summed E-state index contributed by atoms with van der Waals surface area (Å²) in [6.45, 7) is 10.9. The second kappa shape index (κ2) is 6.70. The van der Waals surface area contributed by atoms with Crippen LogP contribution in [0.2, 0.25) is 0 Å². The van der Waals surface area contributed by atoms with Crippen molar-refractivity contribution < 1.29 is 0 Å². The summed E-state index contributed by atoms with van der Waals surface area (Å²) in [7, 11) is 0. The Bertz CT molecular complexity index is 392. The van der Waals surface area contributed by atoms with Crippen LogP contribution in [-0.2, 0) is 0 Å². The van der Waals surface area contributed by atoms with Gasteiger partial charge in [0.1, 0.15) is 0 Å². The molecule has 2 aliphatic heterocycles. The van der Waals surface area contributed by atoms with Crippen LogP contribution in [0.5, 0.6) is 0 Å². The molecule has 20 heavy (non-hydrogen) atoms. The summed E-state index contributed by atoms with van der Waals surface area (Å²) < 4.78 is 0. The van der Waals surface area contributed by atoms with Crippen molar-refractivity contribution in [2.45, 2.75) is 25.3 Å². The molecule has 2 aliphatic rings. The molecule has 0 saturated carbocycles. The van der Waals surface area contributed by atoms with Gasteiger partial charge in [0.2, 0.25) is 0 Å². The van der Waals surface area contributed by atoms with Crippen LogP contribution in [0.4, 0.5) is 0 Å². The van der Waals surface area contributed by atoms with Gasteiger partial charge in [-0.1, -0.05) is 37.3 Å². The van der Waals surface area contributed by atoms with Crippen molar-refractivity contribution >= 4 is 0 Å². The van der Waals surface area contributed by atoms with Gasteiger partial charge in [-0.05, 0) is 24.4 Å². The maximum absolute atomic E-state index is 3.48. The minimum absolute atomic E-state index is 0.635. The molecule has 1 aromatic rings. The Hall–Kier alpha value is -0.900. The summed E-state index contributed by atoms with van der Waals surface area (Å²) >= 11 is 0. The number of hydrogen-bond acceptors (Lipinski definition) is 3. The van der Waals surface area contributed by atoms with E-state index in [0.29, 0.717) is 5.92 Å². The molecule has 0 spiro atoms. The maximum Gasteiger partial charge on any atom is 0.0233 e. The summed E-state index contributed by atoms with van der Waals surface area (Å²) in [5, 5.41) is 3.48. The fraction of sp³-hybridized carbons (Fsp3) is 0.647. The van der Waals surface area contributed by atoms with E-state index in [4.69, 9.17) is 0 Å². The molecule has 2 atom stereocenters. The molecule has 0 bridgehead atoms. The lowest BCUT2D eigenvalue weighted by Gasteiger charge is -2.38. The van der Waals surface area contributed by atoms with Gasteiger partial charge in [-0.2, -0.15) is 0 Å². The Morgan fingerprint density at radius 1 is 1.15 bits per heavy atom. The fourth-order valence-electron chi connectivity index (χ4n) is 3.54. The minimum Gasteiger partial charge on any atom is -0.315 e. The molecular weight excluding hydrogens is 246 g/mol. The van der Waals surface area contributed by atoms with Gasteiger partial charge in [0, 0.05) is 45.3 Å². The Morgan fingerprint density at radius 2 is 1.90 bits per heavy atom. The minimum atomic E-state index is 0.635. The smallest absolute Gasteiger partial charge is 0.0233 e. The van der Waals surface area contributed by atoms with E-state index in [9.17, 15) is 0 Å². The van der Waals surface area contributed by atoms with E-state index in [-0.39, 0.29) is 0 Å². The van der Waals surface area contributed by atoms with Gasteiger partial charge in [-0.15, -0.1) is 0 Å². The molecule has 2 saturated heterocycles. The molecular formula is C17H27N3. The third kappa shape index (κ3) is 3.40. The fourth-order valence-corrected chi connectivity index (χ4v) is 3.54. The lowest BCUT2D eigenvalue weighted by atomic mass is 10.0. The summed E-state index contributed by atoms with van der Waals surface area (Å²) in [5.41, 5.74) is 1.47. The second-order valence-corrected chi connectivity index (χ2v) is 6.29. The van der Waals surface area contributed by atoms with E-state index in [0.717, 1.165) is 6.04 Å². The van der Waals surface area contributed by atoms with Gasteiger partial charge < -0.3 is 10.2 Å². The predicted octanol–water partition coefficient (Wildman–Crippen LogP) is 1.77. The second-order valence-electron chi connectivity index (χ2n) is 6.29. The zero-order valence-electron chi connectivity index (χ0n) is 12.6. The molecule has 1 N–H and O–H groups in total. The SMILES string of the molecule is CC(CN1CCN(C2CCNC2)CC1)c1ccccc1. The van der Waals surface area contributed by atoms with Crippen LogP contribution in [-0.4, -0.2) is 61.7 Å². The van der Waals surface area contributed by atoms with Gasteiger partial charge in [0.15, 0.2) is 0 Å². The van der Waals surface area contributed by atoms with Gasteiger partial charge in [0.25, 0.3) is 0 Å². The van der Waals surface area contributed by atoms with Crippen molar-refractivity contribution in [2.75, 3.05) is 45.8 Å². The van der Waals surface area contributed by atoms with E-state index in [1.807, 2.05) is 0 Å². The molecule has 3 heteroatoms. The molecule has 110 valence electrons. The molecule has 3 nitrogen and oxygen atoms in total. The maximum atomic E-state index is 3.48. The highest BCUT2D eigenvalue weighted by molar-refractivity contribution is 5.19. The first-order valence-electron chi connectivity index (χ1n) is 8.05. The van der Waals surface area contributed by atoms with E-state index >= 15 is 0 Å². The average molecular weight is 273 g/mol. The number of rotatable bonds is 4. The Labute approximate surface area is 123 Å². The molecule has 0 aromatic heterocycles. The highest BCUT2D eigenvalue weighted by Gasteiger charge is 2.26. The van der Waals surface area contributed by atoms with Gasteiger partial charge in [0.05, 0.1) is 0 Å². The van der Waals surface area contributed by atoms with Crippen molar-refractivity contribution in [1.82, 2.24) is 15.1 Å². The number of nitrogens with zero attached hydrogens (tertiary/aromatic N) is 2.